The van der Waals surface area contributed by atoms with Crippen LogP contribution in [0.2, 0.25) is 5.02 Å². The molecule has 21 heavy (non-hydrogen) atoms. The Morgan fingerprint density at radius 2 is 1.86 bits per heavy atom. The quantitative estimate of drug-likeness (QED) is 0.847. The first kappa shape index (κ1) is 15.6. The van der Waals surface area contributed by atoms with Gasteiger partial charge in [0.2, 0.25) is 0 Å². The van der Waals surface area contributed by atoms with E-state index in [1.807, 2.05) is 0 Å². The van der Waals surface area contributed by atoms with Crippen molar-refractivity contribution in [1.82, 2.24) is 0 Å². The molecule has 4 nitrogen and oxygen atoms in total. The van der Waals surface area contributed by atoms with Gasteiger partial charge in [-0.1, -0.05) is 17.7 Å². The molecule has 0 fully saturated rings. The number of nitrogens with one attached hydrogen (secondary N) is 1. The first-order chi connectivity index (χ1) is 9.72. The number of halogens is 2. The molecule has 0 unspecified atom stereocenters. The smallest absolute Gasteiger partial charge is 0.262 e. The third kappa shape index (κ3) is 3.11. The summed E-state index contributed by atoms with van der Waals surface area (Å²) in [5, 5.41) is 0.232. The van der Waals surface area contributed by atoms with Gasteiger partial charge in [0.1, 0.15) is 5.82 Å². The molecule has 0 aliphatic rings. The van der Waals surface area contributed by atoms with Crippen molar-refractivity contribution >= 4 is 33.0 Å². The molecule has 3 N–H and O–H groups in total. The summed E-state index contributed by atoms with van der Waals surface area (Å²) in [5.74, 6) is -0.706. The molecule has 0 atom stereocenters. The number of nitrogen functional groups attached to an aromatic ring is 1. The normalized spacial score (nSPS) is 11.4. The molecule has 0 bridgehead atoms. The highest BCUT2D eigenvalue weighted by Gasteiger charge is 2.22. The van der Waals surface area contributed by atoms with Crippen LogP contribution < -0.4 is 10.5 Å². The highest BCUT2D eigenvalue weighted by molar-refractivity contribution is 7.92. The van der Waals surface area contributed by atoms with E-state index in [-0.39, 0.29) is 15.6 Å². The van der Waals surface area contributed by atoms with Crippen molar-refractivity contribution in [2.24, 2.45) is 0 Å². The van der Waals surface area contributed by atoms with Crippen molar-refractivity contribution in [2.75, 3.05) is 10.5 Å². The van der Waals surface area contributed by atoms with Crippen molar-refractivity contribution in [3.8, 4) is 0 Å². The van der Waals surface area contributed by atoms with Crippen molar-refractivity contribution < 1.29 is 12.8 Å². The molecule has 2 rings (SSSR count). The summed E-state index contributed by atoms with van der Waals surface area (Å²) >= 11 is 5.76. The number of aryl methyl sites for hydroxylation is 1. The van der Waals surface area contributed by atoms with Gasteiger partial charge in [0.15, 0.2) is 0 Å². The molecule has 0 saturated heterocycles. The van der Waals surface area contributed by atoms with Crippen LogP contribution in [0.3, 0.4) is 0 Å². The topological polar surface area (TPSA) is 72.2 Å². The van der Waals surface area contributed by atoms with E-state index in [1.165, 1.54) is 12.1 Å². The monoisotopic (exact) mass is 328 g/mol. The molecule has 0 aliphatic carbocycles. The Hall–Kier alpha value is -1.79. The van der Waals surface area contributed by atoms with Crippen molar-refractivity contribution in [3.05, 3.63) is 52.3 Å². The Labute approximate surface area is 127 Å². The molecule has 7 heteroatoms. The summed E-state index contributed by atoms with van der Waals surface area (Å²) in [5.41, 5.74) is 6.84. The van der Waals surface area contributed by atoms with E-state index in [0.717, 1.165) is 6.07 Å². The van der Waals surface area contributed by atoms with Gasteiger partial charge < -0.3 is 5.73 Å². The largest absolute Gasteiger partial charge is 0.398 e. The van der Waals surface area contributed by atoms with E-state index in [0.29, 0.717) is 16.8 Å². The van der Waals surface area contributed by atoms with Crippen LogP contribution in [-0.4, -0.2) is 8.42 Å². The molecule has 0 saturated carbocycles. The first-order valence-corrected chi connectivity index (χ1v) is 7.92. The fourth-order valence-electron chi connectivity index (χ4n) is 2.03. The zero-order valence-corrected chi connectivity index (χ0v) is 13.0. The van der Waals surface area contributed by atoms with Gasteiger partial charge in [0.25, 0.3) is 10.0 Å². The zero-order valence-electron chi connectivity index (χ0n) is 11.4. The lowest BCUT2D eigenvalue weighted by molar-refractivity contribution is 0.597. The average molecular weight is 329 g/mol. The Balaban J connectivity index is 2.54. The third-order valence-corrected chi connectivity index (χ3v) is 4.98. The van der Waals surface area contributed by atoms with E-state index in [1.54, 1.807) is 26.0 Å². The second-order valence-corrected chi connectivity index (χ2v) is 6.71. The number of hydrogen-bond donors (Lipinski definition) is 2. The number of benzene rings is 2. The molecule has 0 amide bonds. The fraction of sp³-hybridized carbons (Fsp3) is 0.143. The predicted octanol–water partition coefficient (Wildman–Crippen LogP) is 3.48. The number of rotatable bonds is 3. The maximum Gasteiger partial charge on any atom is 0.262 e. The van der Waals surface area contributed by atoms with Gasteiger partial charge in [0.05, 0.1) is 10.6 Å². The van der Waals surface area contributed by atoms with Crippen LogP contribution in [0, 0.1) is 19.7 Å². The fourth-order valence-corrected chi connectivity index (χ4v) is 3.76. The Morgan fingerprint density at radius 3 is 2.52 bits per heavy atom. The summed E-state index contributed by atoms with van der Waals surface area (Å²) in [7, 11) is -3.97. The third-order valence-electron chi connectivity index (χ3n) is 3.09. The van der Waals surface area contributed by atoms with Crippen LogP contribution in [0.15, 0.2) is 35.2 Å². The first-order valence-electron chi connectivity index (χ1n) is 6.06. The van der Waals surface area contributed by atoms with Crippen LogP contribution in [0.1, 0.15) is 11.1 Å². The number of hydrogen-bond acceptors (Lipinski definition) is 3. The van der Waals surface area contributed by atoms with Gasteiger partial charge in [-0.25, -0.2) is 12.8 Å². The van der Waals surface area contributed by atoms with Gasteiger partial charge in [0, 0.05) is 10.7 Å². The molecular formula is C14H14ClFN2O2S. The van der Waals surface area contributed by atoms with Gasteiger partial charge in [-0.05, 0) is 49.2 Å². The number of anilines is 2. The zero-order chi connectivity index (χ0) is 15.8. The van der Waals surface area contributed by atoms with E-state index in [4.69, 9.17) is 17.3 Å². The van der Waals surface area contributed by atoms with E-state index in [9.17, 15) is 12.8 Å². The van der Waals surface area contributed by atoms with Gasteiger partial charge in [-0.15, -0.1) is 0 Å². The molecule has 0 aliphatic heterocycles. The maximum atomic E-state index is 13.7. The SMILES string of the molecule is Cc1ccc(N)c(C)c1S(=O)(=O)Nc1cc(Cl)ccc1F. The van der Waals surface area contributed by atoms with Crippen molar-refractivity contribution in [2.45, 2.75) is 18.7 Å². The van der Waals surface area contributed by atoms with Crippen LogP contribution in [-0.2, 0) is 10.0 Å². The van der Waals surface area contributed by atoms with Gasteiger partial charge in [-0.2, -0.15) is 0 Å². The average Bonchev–Trinajstić information content (AvgIpc) is 2.38. The van der Waals surface area contributed by atoms with E-state index < -0.39 is 15.8 Å². The molecule has 0 aromatic heterocycles. The van der Waals surface area contributed by atoms with Gasteiger partial charge in [-0.3, -0.25) is 4.72 Å². The summed E-state index contributed by atoms with van der Waals surface area (Å²) in [4.78, 5) is 0.0434. The standard InChI is InChI=1S/C14H14ClFN2O2S/c1-8-3-6-12(17)9(2)14(8)21(19,20)18-13-7-10(15)4-5-11(13)16/h3-7,18H,17H2,1-2H3. The minimum atomic E-state index is -3.97. The highest BCUT2D eigenvalue weighted by Crippen LogP contribution is 2.28. The Kier molecular flexibility index (Phi) is 4.11. The molecule has 0 heterocycles. The van der Waals surface area contributed by atoms with Crippen molar-refractivity contribution in [1.29, 1.82) is 0 Å². The molecule has 112 valence electrons. The summed E-state index contributed by atoms with van der Waals surface area (Å²) in [6, 6.07) is 6.88. The second-order valence-electron chi connectivity index (χ2n) is 4.66. The van der Waals surface area contributed by atoms with Crippen LogP contribution in [0.4, 0.5) is 15.8 Å². The lowest BCUT2D eigenvalue weighted by atomic mass is 10.1. The minimum Gasteiger partial charge on any atom is -0.398 e. The maximum absolute atomic E-state index is 13.7. The summed E-state index contributed by atoms with van der Waals surface area (Å²) in [6.07, 6.45) is 0. The van der Waals surface area contributed by atoms with Crippen LogP contribution >= 0.6 is 11.6 Å². The number of nitrogens with two attached hydrogens (primary N) is 1. The highest BCUT2D eigenvalue weighted by atomic mass is 35.5. The van der Waals surface area contributed by atoms with Crippen LogP contribution in [0.25, 0.3) is 0 Å². The van der Waals surface area contributed by atoms with Crippen LogP contribution in [0.5, 0.6) is 0 Å². The Morgan fingerprint density at radius 1 is 1.19 bits per heavy atom. The predicted molar refractivity (Wildman–Crippen MR) is 82.5 cm³/mol. The molecule has 0 spiro atoms. The molecule has 2 aromatic carbocycles. The second kappa shape index (κ2) is 5.54. The van der Waals surface area contributed by atoms with Gasteiger partial charge >= 0.3 is 0 Å². The van der Waals surface area contributed by atoms with E-state index in [2.05, 4.69) is 4.72 Å². The molecular weight excluding hydrogens is 315 g/mol. The van der Waals surface area contributed by atoms with E-state index >= 15 is 0 Å². The number of sulfonamides is 1. The molecule has 2 aromatic rings. The van der Waals surface area contributed by atoms with Crippen molar-refractivity contribution in [3.63, 3.8) is 0 Å². The lowest BCUT2D eigenvalue weighted by Crippen LogP contribution is -2.17. The minimum absolute atomic E-state index is 0.0434. The summed E-state index contributed by atoms with van der Waals surface area (Å²) in [6.45, 7) is 3.25. The lowest BCUT2D eigenvalue weighted by Gasteiger charge is -2.15. The molecule has 0 radical (unpaired) electrons. The Bertz CT molecular complexity index is 807. The summed E-state index contributed by atoms with van der Waals surface area (Å²) < 4.78 is 40.9.